The first-order valence-electron chi connectivity index (χ1n) is 8.30. The molecule has 0 aromatic rings. The molecule has 1 saturated heterocycles. The lowest BCUT2D eigenvalue weighted by molar-refractivity contribution is -0.134. The first kappa shape index (κ1) is 16.1. The molecule has 1 amide bonds. The molecular formula is C16H29ClN2O. The number of carbonyl (C=O) groups is 1. The number of fused-ring (bicyclic) bond motifs is 1. The number of hydrogen-bond acceptors (Lipinski definition) is 2. The summed E-state index contributed by atoms with van der Waals surface area (Å²) in [5.41, 5.74) is 0. The highest BCUT2D eigenvalue weighted by molar-refractivity contribution is 5.85. The van der Waals surface area contributed by atoms with Crippen LogP contribution in [0.2, 0.25) is 0 Å². The quantitative estimate of drug-likeness (QED) is 0.866. The second-order valence-corrected chi connectivity index (χ2v) is 6.71. The van der Waals surface area contributed by atoms with Gasteiger partial charge in [0.1, 0.15) is 0 Å². The van der Waals surface area contributed by atoms with E-state index in [4.69, 9.17) is 0 Å². The van der Waals surface area contributed by atoms with Gasteiger partial charge in [0.15, 0.2) is 0 Å². The van der Waals surface area contributed by atoms with Crippen LogP contribution in [0.15, 0.2) is 0 Å². The summed E-state index contributed by atoms with van der Waals surface area (Å²) in [6.07, 6.45) is 7.74. The Kier molecular flexibility index (Phi) is 5.74. The molecule has 0 bridgehead atoms. The molecule has 0 spiro atoms. The van der Waals surface area contributed by atoms with Gasteiger partial charge in [0, 0.05) is 19.0 Å². The Hall–Kier alpha value is -0.280. The van der Waals surface area contributed by atoms with Gasteiger partial charge >= 0.3 is 0 Å². The van der Waals surface area contributed by atoms with Crippen LogP contribution in [0.3, 0.4) is 0 Å². The summed E-state index contributed by atoms with van der Waals surface area (Å²) in [5, 5.41) is 3.43. The number of carbonyl (C=O) groups excluding carboxylic acids is 1. The highest BCUT2D eigenvalue weighted by Crippen LogP contribution is 2.56. The Labute approximate surface area is 129 Å². The van der Waals surface area contributed by atoms with Crippen LogP contribution in [0.5, 0.6) is 0 Å². The Morgan fingerprint density at radius 2 is 1.70 bits per heavy atom. The molecule has 3 fully saturated rings. The van der Waals surface area contributed by atoms with Crippen molar-refractivity contribution in [3.63, 3.8) is 0 Å². The van der Waals surface area contributed by atoms with Crippen LogP contribution in [-0.2, 0) is 4.79 Å². The molecule has 0 aromatic heterocycles. The number of likely N-dealkylation sites (tertiary alicyclic amines) is 1. The second-order valence-electron chi connectivity index (χ2n) is 6.71. The van der Waals surface area contributed by atoms with Gasteiger partial charge in [-0.05, 0) is 56.5 Å². The summed E-state index contributed by atoms with van der Waals surface area (Å²) < 4.78 is 0. The van der Waals surface area contributed by atoms with E-state index in [2.05, 4.69) is 17.1 Å². The van der Waals surface area contributed by atoms with Gasteiger partial charge in [-0.15, -0.1) is 12.4 Å². The molecule has 3 nitrogen and oxygen atoms in total. The van der Waals surface area contributed by atoms with E-state index in [1.165, 1.54) is 38.5 Å². The first-order valence-corrected chi connectivity index (χ1v) is 8.30. The second kappa shape index (κ2) is 7.13. The molecule has 1 heterocycles. The zero-order valence-electron chi connectivity index (χ0n) is 12.6. The summed E-state index contributed by atoms with van der Waals surface area (Å²) in [6.45, 7) is 6.36. The van der Waals surface area contributed by atoms with E-state index in [-0.39, 0.29) is 12.4 Å². The van der Waals surface area contributed by atoms with Crippen LogP contribution >= 0.6 is 12.4 Å². The van der Waals surface area contributed by atoms with Gasteiger partial charge in [0.25, 0.3) is 0 Å². The highest BCUT2D eigenvalue weighted by atomic mass is 35.5. The maximum absolute atomic E-state index is 12.6. The van der Waals surface area contributed by atoms with Crippen molar-refractivity contribution >= 4 is 18.3 Å². The van der Waals surface area contributed by atoms with Crippen molar-refractivity contribution in [1.82, 2.24) is 10.2 Å². The van der Waals surface area contributed by atoms with E-state index in [9.17, 15) is 4.79 Å². The van der Waals surface area contributed by atoms with Crippen LogP contribution in [0.4, 0.5) is 0 Å². The number of amides is 1. The van der Waals surface area contributed by atoms with E-state index in [0.717, 1.165) is 43.9 Å². The first-order chi connectivity index (χ1) is 9.31. The van der Waals surface area contributed by atoms with Crippen molar-refractivity contribution in [3.8, 4) is 0 Å². The van der Waals surface area contributed by atoms with Crippen molar-refractivity contribution < 1.29 is 4.79 Å². The number of halogens is 1. The topological polar surface area (TPSA) is 32.3 Å². The highest BCUT2D eigenvalue weighted by Gasteiger charge is 2.55. The molecule has 116 valence electrons. The van der Waals surface area contributed by atoms with Gasteiger partial charge in [0.05, 0.1) is 0 Å². The van der Waals surface area contributed by atoms with Crippen LogP contribution in [0, 0.1) is 23.7 Å². The van der Waals surface area contributed by atoms with E-state index >= 15 is 0 Å². The SMILES string of the molecule is CCNCC1CCN(C(=O)C2C3CCCCC32)CC1.Cl. The number of nitrogens with zero attached hydrogens (tertiary/aromatic N) is 1. The molecule has 3 aliphatic rings. The Morgan fingerprint density at radius 1 is 1.10 bits per heavy atom. The number of rotatable bonds is 4. The van der Waals surface area contributed by atoms with E-state index in [1.807, 2.05) is 0 Å². The lowest BCUT2D eigenvalue weighted by Gasteiger charge is -2.32. The van der Waals surface area contributed by atoms with E-state index in [1.54, 1.807) is 0 Å². The Balaban J connectivity index is 0.00000147. The zero-order valence-corrected chi connectivity index (χ0v) is 13.5. The monoisotopic (exact) mass is 300 g/mol. The molecule has 2 atom stereocenters. The molecule has 4 heteroatoms. The molecule has 1 N–H and O–H groups in total. The maximum atomic E-state index is 12.6. The predicted molar refractivity (Wildman–Crippen MR) is 84.0 cm³/mol. The minimum atomic E-state index is 0. The summed E-state index contributed by atoms with van der Waals surface area (Å²) in [7, 11) is 0. The maximum Gasteiger partial charge on any atom is 0.226 e. The van der Waals surface area contributed by atoms with Gasteiger partial charge in [-0.1, -0.05) is 19.8 Å². The van der Waals surface area contributed by atoms with Gasteiger partial charge in [-0.25, -0.2) is 0 Å². The Morgan fingerprint density at radius 3 is 2.25 bits per heavy atom. The third kappa shape index (κ3) is 3.30. The minimum absolute atomic E-state index is 0. The minimum Gasteiger partial charge on any atom is -0.342 e. The van der Waals surface area contributed by atoms with Crippen LogP contribution in [0.25, 0.3) is 0 Å². The van der Waals surface area contributed by atoms with Crippen molar-refractivity contribution in [2.75, 3.05) is 26.2 Å². The molecule has 1 aliphatic heterocycles. The normalized spacial score (nSPS) is 33.2. The van der Waals surface area contributed by atoms with Crippen molar-refractivity contribution in [2.45, 2.75) is 45.4 Å². The van der Waals surface area contributed by atoms with Gasteiger partial charge in [-0.2, -0.15) is 0 Å². The fourth-order valence-corrected chi connectivity index (χ4v) is 4.28. The lowest BCUT2D eigenvalue weighted by Crippen LogP contribution is -2.41. The molecular weight excluding hydrogens is 272 g/mol. The zero-order chi connectivity index (χ0) is 13.2. The predicted octanol–water partition coefficient (Wildman–Crippen LogP) is 2.69. The van der Waals surface area contributed by atoms with E-state index in [0.29, 0.717) is 11.8 Å². The molecule has 2 aliphatic carbocycles. The fourth-order valence-electron chi connectivity index (χ4n) is 4.28. The van der Waals surface area contributed by atoms with Crippen molar-refractivity contribution in [3.05, 3.63) is 0 Å². The average Bonchev–Trinajstić information content (AvgIpc) is 3.19. The third-order valence-electron chi connectivity index (χ3n) is 5.55. The number of piperidine rings is 1. The molecule has 0 radical (unpaired) electrons. The lowest BCUT2D eigenvalue weighted by atomic mass is 9.96. The van der Waals surface area contributed by atoms with Crippen LogP contribution in [-0.4, -0.2) is 37.0 Å². The number of nitrogens with one attached hydrogen (secondary N) is 1. The summed E-state index contributed by atoms with van der Waals surface area (Å²) in [5.74, 6) is 3.23. The Bertz CT molecular complexity index is 316. The number of hydrogen-bond donors (Lipinski definition) is 1. The molecule has 3 rings (SSSR count). The van der Waals surface area contributed by atoms with Crippen molar-refractivity contribution in [1.29, 1.82) is 0 Å². The summed E-state index contributed by atoms with van der Waals surface area (Å²) in [6, 6.07) is 0. The van der Waals surface area contributed by atoms with Crippen LogP contribution in [0.1, 0.15) is 45.4 Å². The van der Waals surface area contributed by atoms with Gasteiger partial charge in [0.2, 0.25) is 5.91 Å². The smallest absolute Gasteiger partial charge is 0.226 e. The summed E-state index contributed by atoms with van der Waals surface area (Å²) in [4.78, 5) is 14.7. The van der Waals surface area contributed by atoms with Crippen molar-refractivity contribution in [2.24, 2.45) is 23.7 Å². The standard InChI is InChI=1S/C16H28N2O.ClH/c1-2-17-11-12-7-9-18(10-8-12)16(19)15-13-5-3-4-6-14(13)15;/h12-15,17H,2-11H2,1H3;1H. The fraction of sp³-hybridized carbons (Fsp3) is 0.938. The van der Waals surface area contributed by atoms with Gasteiger partial charge < -0.3 is 10.2 Å². The molecule has 0 aromatic carbocycles. The molecule has 2 saturated carbocycles. The average molecular weight is 301 g/mol. The largest absolute Gasteiger partial charge is 0.342 e. The summed E-state index contributed by atoms with van der Waals surface area (Å²) >= 11 is 0. The third-order valence-corrected chi connectivity index (χ3v) is 5.55. The van der Waals surface area contributed by atoms with E-state index < -0.39 is 0 Å². The van der Waals surface area contributed by atoms with Gasteiger partial charge in [-0.3, -0.25) is 4.79 Å². The molecule has 2 unspecified atom stereocenters. The van der Waals surface area contributed by atoms with Crippen LogP contribution < -0.4 is 5.32 Å². The molecule has 20 heavy (non-hydrogen) atoms.